The number of nitrogens with zero attached hydrogens (tertiary/aromatic N) is 2. The molecule has 0 aliphatic rings. The lowest BCUT2D eigenvalue weighted by Crippen LogP contribution is -2.15. The van der Waals surface area contributed by atoms with Crippen LogP contribution in [-0.4, -0.2) is 21.7 Å². The fourth-order valence-corrected chi connectivity index (χ4v) is 2.10. The Morgan fingerprint density at radius 3 is 2.19 bits per heavy atom. The van der Waals surface area contributed by atoms with Crippen molar-refractivity contribution in [1.82, 2.24) is 0 Å². The highest BCUT2D eigenvalue weighted by atomic mass is 16.6. The molecule has 0 spiro atoms. The van der Waals surface area contributed by atoms with Gasteiger partial charge in [0.1, 0.15) is 5.56 Å². The van der Waals surface area contributed by atoms with Crippen molar-refractivity contribution < 1.29 is 19.4 Å². The third-order valence-corrected chi connectivity index (χ3v) is 3.36. The maximum absolute atomic E-state index is 12.3. The first kappa shape index (κ1) is 18.5. The highest BCUT2D eigenvalue weighted by Crippen LogP contribution is 2.26. The van der Waals surface area contributed by atoms with Gasteiger partial charge in [0, 0.05) is 23.9 Å². The van der Waals surface area contributed by atoms with Gasteiger partial charge >= 0.3 is 0 Å². The number of nitrogens with one attached hydrogen (secondary N) is 2. The zero-order chi connectivity index (χ0) is 19.3. The van der Waals surface area contributed by atoms with E-state index >= 15 is 0 Å². The molecule has 0 aliphatic carbocycles. The number of anilines is 2. The van der Waals surface area contributed by atoms with Gasteiger partial charge in [-0.15, -0.1) is 0 Å². The monoisotopic (exact) mass is 358 g/mol. The predicted molar refractivity (Wildman–Crippen MR) is 93.1 cm³/mol. The number of benzene rings is 2. The zero-order valence-electron chi connectivity index (χ0n) is 13.6. The summed E-state index contributed by atoms with van der Waals surface area (Å²) in [6.45, 7) is 1.69. The zero-order valence-corrected chi connectivity index (χ0v) is 13.6. The minimum absolute atomic E-state index is 0.209. The SMILES string of the molecule is CCC(=O)Nc1cccc(NC(=O)c2ccc([N+](=O)[O-])cc2[N+](=O)[O-])c1. The molecule has 10 nitrogen and oxygen atoms in total. The van der Waals surface area contributed by atoms with Crippen LogP contribution in [0.5, 0.6) is 0 Å². The van der Waals surface area contributed by atoms with Crippen LogP contribution in [0.2, 0.25) is 0 Å². The summed E-state index contributed by atoms with van der Waals surface area (Å²) in [7, 11) is 0. The highest BCUT2D eigenvalue weighted by molar-refractivity contribution is 6.07. The second-order valence-electron chi connectivity index (χ2n) is 5.15. The van der Waals surface area contributed by atoms with E-state index in [9.17, 15) is 29.8 Å². The van der Waals surface area contributed by atoms with Crippen molar-refractivity contribution in [3.05, 3.63) is 68.3 Å². The van der Waals surface area contributed by atoms with Crippen molar-refractivity contribution in [1.29, 1.82) is 0 Å². The van der Waals surface area contributed by atoms with Crippen LogP contribution in [0.1, 0.15) is 23.7 Å². The Morgan fingerprint density at radius 2 is 1.62 bits per heavy atom. The third kappa shape index (κ3) is 4.38. The van der Waals surface area contributed by atoms with Gasteiger partial charge in [0.2, 0.25) is 5.91 Å². The molecule has 0 aliphatic heterocycles. The molecular formula is C16H14N4O6. The Balaban J connectivity index is 2.27. The Morgan fingerprint density at radius 1 is 0.962 bits per heavy atom. The van der Waals surface area contributed by atoms with Crippen LogP contribution in [0.4, 0.5) is 22.7 Å². The minimum atomic E-state index is -0.861. The van der Waals surface area contributed by atoms with Gasteiger partial charge in [-0.3, -0.25) is 29.8 Å². The van der Waals surface area contributed by atoms with Gasteiger partial charge in [0.15, 0.2) is 0 Å². The van der Waals surface area contributed by atoms with Gasteiger partial charge in [0.25, 0.3) is 17.3 Å². The summed E-state index contributed by atoms with van der Waals surface area (Å²) >= 11 is 0. The predicted octanol–water partition coefficient (Wildman–Crippen LogP) is 3.10. The van der Waals surface area contributed by atoms with Crippen molar-refractivity contribution in [2.45, 2.75) is 13.3 Å². The fourth-order valence-electron chi connectivity index (χ4n) is 2.10. The van der Waals surface area contributed by atoms with E-state index in [-0.39, 0.29) is 17.9 Å². The molecule has 2 aromatic carbocycles. The fraction of sp³-hybridized carbons (Fsp3) is 0.125. The first-order valence-electron chi connectivity index (χ1n) is 7.46. The van der Waals surface area contributed by atoms with Crippen molar-refractivity contribution in [3.8, 4) is 0 Å². The molecule has 10 heteroatoms. The summed E-state index contributed by atoms with van der Waals surface area (Å²) in [5.41, 5.74) is -0.724. The molecule has 0 fully saturated rings. The molecule has 0 radical (unpaired) electrons. The summed E-state index contributed by atoms with van der Waals surface area (Å²) in [6.07, 6.45) is 0.283. The number of nitro groups is 2. The molecular weight excluding hydrogens is 344 g/mol. The van der Waals surface area contributed by atoms with Gasteiger partial charge < -0.3 is 10.6 Å². The number of non-ortho nitro benzene ring substituents is 1. The van der Waals surface area contributed by atoms with Crippen molar-refractivity contribution >= 4 is 34.6 Å². The normalized spacial score (nSPS) is 10.0. The lowest BCUT2D eigenvalue weighted by Gasteiger charge is -2.08. The van der Waals surface area contributed by atoms with E-state index in [1.807, 2.05) is 0 Å². The highest BCUT2D eigenvalue weighted by Gasteiger charge is 2.24. The maximum Gasteiger partial charge on any atom is 0.289 e. The van der Waals surface area contributed by atoms with Gasteiger partial charge in [-0.05, 0) is 24.3 Å². The standard InChI is InChI=1S/C16H14N4O6/c1-2-15(21)17-10-4-3-5-11(8-10)18-16(22)13-7-6-12(19(23)24)9-14(13)20(25)26/h3-9H,2H2,1H3,(H,17,21)(H,18,22). The minimum Gasteiger partial charge on any atom is -0.326 e. The molecule has 26 heavy (non-hydrogen) atoms. The molecule has 0 atom stereocenters. The van der Waals surface area contributed by atoms with Crippen molar-refractivity contribution in [2.24, 2.45) is 0 Å². The van der Waals surface area contributed by atoms with Gasteiger partial charge in [0.05, 0.1) is 15.9 Å². The molecule has 0 saturated carbocycles. The maximum atomic E-state index is 12.3. The van der Waals surface area contributed by atoms with Crippen LogP contribution < -0.4 is 10.6 Å². The number of hydrogen-bond donors (Lipinski definition) is 2. The number of carbonyl (C=O) groups excluding carboxylic acids is 2. The molecule has 0 saturated heterocycles. The molecule has 2 N–H and O–H groups in total. The van der Waals surface area contributed by atoms with E-state index in [2.05, 4.69) is 10.6 Å². The van der Waals surface area contributed by atoms with Crippen LogP contribution in [0.3, 0.4) is 0 Å². The first-order valence-corrected chi connectivity index (χ1v) is 7.46. The summed E-state index contributed by atoms with van der Waals surface area (Å²) in [5, 5.41) is 27.0. The van der Waals surface area contributed by atoms with E-state index in [4.69, 9.17) is 0 Å². The lowest BCUT2D eigenvalue weighted by atomic mass is 10.1. The molecule has 0 aromatic heterocycles. The Kier molecular flexibility index (Phi) is 5.58. The molecule has 2 amide bonds. The molecule has 134 valence electrons. The summed E-state index contributed by atoms with van der Waals surface area (Å²) in [6, 6.07) is 9.00. The van der Waals surface area contributed by atoms with Crippen LogP contribution in [0.25, 0.3) is 0 Å². The lowest BCUT2D eigenvalue weighted by molar-refractivity contribution is -0.394. The van der Waals surface area contributed by atoms with Crippen molar-refractivity contribution in [2.75, 3.05) is 10.6 Å². The van der Waals surface area contributed by atoms with Crippen LogP contribution >= 0.6 is 0 Å². The Labute approximate surface area is 147 Å². The molecule has 2 aromatic rings. The van der Waals surface area contributed by atoms with Crippen LogP contribution in [-0.2, 0) is 4.79 Å². The number of nitro benzene ring substituents is 2. The smallest absolute Gasteiger partial charge is 0.289 e. The topological polar surface area (TPSA) is 144 Å². The van der Waals surface area contributed by atoms with E-state index < -0.39 is 27.1 Å². The number of rotatable bonds is 6. The van der Waals surface area contributed by atoms with Gasteiger partial charge in [-0.1, -0.05) is 13.0 Å². The van der Waals surface area contributed by atoms with E-state index in [0.29, 0.717) is 11.4 Å². The second-order valence-corrected chi connectivity index (χ2v) is 5.15. The molecule has 0 unspecified atom stereocenters. The van der Waals surface area contributed by atoms with Crippen LogP contribution in [0, 0.1) is 20.2 Å². The Bertz CT molecular complexity index is 896. The number of carbonyl (C=O) groups is 2. The number of amides is 2. The quantitative estimate of drug-likeness (QED) is 0.599. The third-order valence-electron chi connectivity index (χ3n) is 3.36. The summed E-state index contributed by atoms with van der Waals surface area (Å²) in [5.74, 6) is -1.01. The van der Waals surface area contributed by atoms with Gasteiger partial charge in [-0.2, -0.15) is 0 Å². The van der Waals surface area contributed by atoms with E-state index in [1.54, 1.807) is 19.1 Å². The summed E-state index contributed by atoms with van der Waals surface area (Å²) in [4.78, 5) is 44.0. The average Bonchev–Trinajstić information content (AvgIpc) is 2.61. The second kappa shape index (κ2) is 7.83. The number of hydrogen-bond acceptors (Lipinski definition) is 6. The molecule has 2 rings (SSSR count). The average molecular weight is 358 g/mol. The van der Waals surface area contributed by atoms with Crippen LogP contribution in [0.15, 0.2) is 42.5 Å². The largest absolute Gasteiger partial charge is 0.326 e. The van der Waals surface area contributed by atoms with E-state index in [0.717, 1.165) is 18.2 Å². The van der Waals surface area contributed by atoms with Gasteiger partial charge in [-0.25, -0.2) is 0 Å². The molecule has 0 bridgehead atoms. The van der Waals surface area contributed by atoms with Crippen molar-refractivity contribution in [3.63, 3.8) is 0 Å². The summed E-state index contributed by atoms with van der Waals surface area (Å²) < 4.78 is 0. The Hall–Kier alpha value is -3.82. The first-order chi connectivity index (χ1) is 12.3. The van der Waals surface area contributed by atoms with E-state index in [1.165, 1.54) is 12.1 Å². The molecule has 0 heterocycles.